The molecule has 6 heteroatoms. The number of hydrogen-bond donors (Lipinski definition) is 2. The summed E-state index contributed by atoms with van der Waals surface area (Å²) in [5.41, 5.74) is 4.65. The maximum Gasteiger partial charge on any atom is 0.137 e. The number of imidazole rings is 1. The number of methoxy groups -OCH3 is 1. The van der Waals surface area contributed by atoms with E-state index in [4.69, 9.17) is 21.3 Å². The van der Waals surface area contributed by atoms with Crippen molar-refractivity contribution < 1.29 is 9.84 Å². The number of pyridine rings is 1. The van der Waals surface area contributed by atoms with Crippen molar-refractivity contribution in [3.8, 4) is 17.0 Å². The minimum absolute atomic E-state index is 0.0972. The Morgan fingerprint density at radius 2 is 2.03 bits per heavy atom. The summed E-state index contributed by atoms with van der Waals surface area (Å²) < 4.78 is 7.30. The highest BCUT2D eigenvalue weighted by Crippen LogP contribution is 2.35. The number of rotatable bonds is 5. The lowest BCUT2D eigenvalue weighted by Gasteiger charge is -2.29. The van der Waals surface area contributed by atoms with Crippen LogP contribution in [0.15, 0.2) is 36.7 Å². The van der Waals surface area contributed by atoms with Crippen LogP contribution in [0.1, 0.15) is 36.8 Å². The van der Waals surface area contributed by atoms with Crippen LogP contribution < -0.4 is 10.1 Å². The molecule has 2 N–H and O–H groups in total. The molecule has 0 radical (unpaired) electrons. The largest absolute Gasteiger partial charge is 0.495 e. The monoisotopic (exact) mass is 411 g/mol. The number of aromatic nitrogens is 2. The fourth-order valence-electron chi connectivity index (χ4n) is 5.08. The van der Waals surface area contributed by atoms with Crippen LogP contribution in [0.25, 0.3) is 16.9 Å². The second-order valence-electron chi connectivity index (χ2n) is 8.41. The van der Waals surface area contributed by atoms with Gasteiger partial charge in [0, 0.05) is 30.0 Å². The SMILES string of the molecule is COc1cc(CO)c(-c2cn3ccc(CC4C[C@H]5CC[C@@H](C4)N5)cc3n2)cc1Cl. The molecule has 2 bridgehead atoms. The highest BCUT2D eigenvalue weighted by atomic mass is 35.5. The van der Waals surface area contributed by atoms with Crippen LogP contribution in [0.5, 0.6) is 5.75 Å². The van der Waals surface area contributed by atoms with Crippen LogP contribution in [0.3, 0.4) is 0 Å². The standard InChI is InChI=1S/C23H26ClN3O2/c1-29-22-10-16(13-28)19(11-20(22)24)21-12-27-5-4-14(9-23(27)26-21)6-15-7-17-2-3-18(8-15)25-17/h4-5,9-12,15,17-18,25,28H,2-3,6-8,13H2,1H3/t15?,17-,18+. The van der Waals surface area contributed by atoms with Crippen molar-refractivity contribution >= 4 is 17.2 Å². The van der Waals surface area contributed by atoms with Crippen molar-refractivity contribution in [3.63, 3.8) is 0 Å². The van der Waals surface area contributed by atoms with Crippen LogP contribution in [0.4, 0.5) is 0 Å². The smallest absolute Gasteiger partial charge is 0.137 e. The number of halogens is 1. The van der Waals surface area contributed by atoms with Crippen LogP contribution in [0, 0.1) is 5.92 Å². The number of hydrogen-bond acceptors (Lipinski definition) is 4. The number of piperidine rings is 1. The molecule has 0 spiro atoms. The highest BCUT2D eigenvalue weighted by molar-refractivity contribution is 6.32. The predicted octanol–water partition coefficient (Wildman–Crippen LogP) is 4.23. The van der Waals surface area contributed by atoms with Gasteiger partial charge in [0.25, 0.3) is 0 Å². The van der Waals surface area contributed by atoms with Crippen molar-refractivity contribution in [2.75, 3.05) is 7.11 Å². The van der Waals surface area contributed by atoms with E-state index in [2.05, 4.69) is 23.6 Å². The molecule has 0 aliphatic carbocycles. The van der Waals surface area contributed by atoms with E-state index in [1.807, 2.05) is 16.7 Å². The van der Waals surface area contributed by atoms with Gasteiger partial charge in [-0.25, -0.2) is 4.98 Å². The maximum atomic E-state index is 9.80. The third-order valence-corrected chi connectivity index (χ3v) is 6.74. The van der Waals surface area contributed by atoms with Gasteiger partial charge in [-0.3, -0.25) is 0 Å². The Labute approximate surface area is 175 Å². The molecular formula is C23H26ClN3O2. The number of benzene rings is 1. The summed E-state index contributed by atoms with van der Waals surface area (Å²) in [6.45, 7) is -0.0972. The third kappa shape index (κ3) is 3.63. The molecule has 0 saturated carbocycles. The van der Waals surface area contributed by atoms with Crippen molar-refractivity contribution in [1.82, 2.24) is 14.7 Å². The van der Waals surface area contributed by atoms with E-state index in [0.717, 1.165) is 46.9 Å². The number of nitrogens with zero attached hydrogens (tertiary/aromatic N) is 2. The summed E-state index contributed by atoms with van der Waals surface area (Å²) in [5.74, 6) is 1.31. The van der Waals surface area contributed by atoms with Gasteiger partial charge in [0.05, 0.1) is 24.4 Å². The van der Waals surface area contributed by atoms with Crippen molar-refractivity contribution in [1.29, 1.82) is 0 Å². The van der Waals surface area contributed by atoms with Crippen LogP contribution in [-0.4, -0.2) is 33.7 Å². The van der Waals surface area contributed by atoms with Crippen LogP contribution in [0.2, 0.25) is 5.02 Å². The van der Waals surface area contributed by atoms with Crippen LogP contribution >= 0.6 is 11.6 Å². The molecule has 3 atom stereocenters. The van der Waals surface area contributed by atoms with E-state index in [9.17, 15) is 5.11 Å². The molecule has 29 heavy (non-hydrogen) atoms. The molecule has 3 aromatic rings. The van der Waals surface area contributed by atoms with Crippen molar-refractivity contribution in [2.45, 2.75) is 50.8 Å². The molecule has 1 unspecified atom stereocenters. The van der Waals surface area contributed by atoms with E-state index in [-0.39, 0.29) is 6.61 Å². The first-order valence-corrected chi connectivity index (χ1v) is 10.7. The second-order valence-corrected chi connectivity index (χ2v) is 8.82. The van der Waals surface area contributed by atoms with Crippen molar-refractivity contribution in [3.05, 3.63) is 52.8 Å². The first kappa shape index (κ1) is 18.9. The predicted molar refractivity (Wildman–Crippen MR) is 114 cm³/mol. The molecule has 2 aliphatic heterocycles. The molecule has 1 aromatic carbocycles. The third-order valence-electron chi connectivity index (χ3n) is 6.44. The van der Waals surface area contributed by atoms with Gasteiger partial charge in [0.1, 0.15) is 11.4 Å². The molecule has 2 fully saturated rings. The number of fused-ring (bicyclic) bond motifs is 3. The fraction of sp³-hybridized carbons (Fsp3) is 0.435. The zero-order chi connectivity index (χ0) is 20.0. The van der Waals surface area contributed by atoms with Gasteiger partial charge in [-0.1, -0.05) is 11.6 Å². The zero-order valence-electron chi connectivity index (χ0n) is 16.6. The van der Waals surface area contributed by atoms with E-state index < -0.39 is 0 Å². The average Bonchev–Trinajstić information content (AvgIpc) is 3.30. The lowest BCUT2D eigenvalue weighted by molar-refractivity contribution is 0.281. The minimum Gasteiger partial charge on any atom is -0.495 e. The average molecular weight is 412 g/mol. The van der Waals surface area contributed by atoms with Gasteiger partial charge in [-0.15, -0.1) is 0 Å². The number of aliphatic hydroxyl groups is 1. The lowest BCUT2D eigenvalue weighted by atomic mass is 9.87. The van der Waals surface area contributed by atoms with Gasteiger partial charge < -0.3 is 19.6 Å². The Morgan fingerprint density at radius 1 is 1.24 bits per heavy atom. The summed E-state index contributed by atoms with van der Waals surface area (Å²) in [5, 5.41) is 14.0. The van der Waals surface area contributed by atoms with E-state index in [1.165, 1.54) is 31.2 Å². The molecule has 2 aromatic heterocycles. The number of ether oxygens (including phenoxy) is 1. The fourth-order valence-corrected chi connectivity index (χ4v) is 5.32. The van der Waals surface area contributed by atoms with E-state index in [1.54, 1.807) is 13.2 Å². The van der Waals surface area contributed by atoms with E-state index >= 15 is 0 Å². The minimum atomic E-state index is -0.0972. The zero-order valence-corrected chi connectivity index (χ0v) is 17.3. The molecule has 152 valence electrons. The Morgan fingerprint density at radius 3 is 2.76 bits per heavy atom. The first-order valence-electron chi connectivity index (χ1n) is 10.3. The first-order chi connectivity index (χ1) is 14.1. The topological polar surface area (TPSA) is 58.8 Å². The highest BCUT2D eigenvalue weighted by Gasteiger charge is 2.33. The van der Waals surface area contributed by atoms with Gasteiger partial charge in [0.15, 0.2) is 0 Å². The Balaban J connectivity index is 1.43. The molecular weight excluding hydrogens is 386 g/mol. The summed E-state index contributed by atoms with van der Waals surface area (Å²) in [6, 6.07) is 9.43. The summed E-state index contributed by atoms with van der Waals surface area (Å²) in [6.07, 6.45) is 10.4. The molecule has 5 nitrogen and oxygen atoms in total. The van der Waals surface area contributed by atoms with Crippen LogP contribution in [-0.2, 0) is 13.0 Å². The molecule has 5 rings (SSSR count). The van der Waals surface area contributed by atoms with Crippen molar-refractivity contribution in [2.24, 2.45) is 5.92 Å². The Kier molecular flexibility index (Phi) is 4.98. The molecule has 2 aliphatic rings. The maximum absolute atomic E-state index is 9.80. The molecule has 2 saturated heterocycles. The summed E-state index contributed by atoms with van der Waals surface area (Å²) in [4.78, 5) is 4.82. The number of nitrogens with one attached hydrogen (secondary N) is 1. The molecule has 4 heterocycles. The van der Waals surface area contributed by atoms with Gasteiger partial charge in [-0.05, 0) is 73.4 Å². The summed E-state index contributed by atoms with van der Waals surface area (Å²) in [7, 11) is 1.57. The Hall–Kier alpha value is -2.08. The lowest BCUT2D eigenvalue weighted by Crippen LogP contribution is -2.38. The van der Waals surface area contributed by atoms with Gasteiger partial charge in [0.2, 0.25) is 0 Å². The summed E-state index contributed by atoms with van der Waals surface area (Å²) >= 11 is 6.32. The number of aliphatic hydroxyl groups excluding tert-OH is 1. The quantitative estimate of drug-likeness (QED) is 0.659. The second kappa shape index (κ2) is 7.63. The van der Waals surface area contributed by atoms with Gasteiger partial charge >= 0.3 is 0 Å². The Bertz CT molecular complexity index is 1040. The molecule has 0 amide bonds. The normalized spacial score (nSPS) is 23.6. The van der Waals surface area contributed by atoms with E-state index in [0.29, 0.717) is 10.8 Å². The van der Waals surface area contributed by atoms with Gasteiger partial charge in [-0.2, -0.15) is 0 Å².